The first kappa shape index (κ1) is 14.4. The van der Waals surface area contributed by atoms with Crippen LogP contribution in [0.3, 0.4) is 0 Å². The third-order valence-electron chi connectivity index (χ3n) is 3.77. The molecule has 2 heterocycles. The van der Waals surface area contributed by atoms with Crippen molar-refractivity contribution in [1.82, 2.24) is 0 Å². The Morgan fingerprint density at radius 3 is 1.68 bits per heavy atom. The molecular formula is C15H14O4P2S. The first-order valence-electron chi connectivity index (χ1n) is 6.71. The summed E-state index contributed by atoms with van der Waals surface area (Å²) in [6.45, 7) is 0.467. The van der Waals surface area contributed by atoms with Gasteiger partial charge in [-0.05, 0) is 22.7 Å². The van der Waals surface area contributed by atoms with E-state index in [4.69, 9.17) is 31.6 Å². The zero-order valence-corrected chi connectivity index (χ0v) is 14.7. The van der Waals surface area contributed by atoms with Gasteiger partial charge in [-0.25, -0.2) is 0 Å². The van der Waals surface area contributed by atoms with Crippen molar-refractivity contribution >= 4 is 41.7 Å². The third kappa shape index (κ3) is 2.15. The maximum absolute atomic E-state index is 5.65. The minimum atomic E-state index is -0.215. The molecule has 0 amide bonds. The van der Waals surface area contributed by atoms with Crippen molar-refractivity contribution in [2.75, 3.05) is 13.6 Å². The van der Waals surface area contributed by atoms with Crippen LogP contribution in [0, 0.1) is 0 Å². The van der Waals surface area contributed by atoms with E-state index >= 15 is 0 Å². The Bertz CT molecular complexity index is 702. The largest absolute Gasteiger partial charge is 0.454 e. The van der Waals surface area contributed by atoms with Gasteiger partial charge in [-0.15, -0.1) is 18.5 Å². The fraction of sp³-hybridized carbons (Fsp3) is 0.200. The van der Waals surface area contributed by atoms with Gasteiger partial charge in [0.15, 0.2) is 23.0 Å². The summed E-state index contributed by atoms with van der Waals surface area (Å²) < 4.78 is 22.3. The van der Waals surface area contributed by atoms with Crippen LogP contribution in [0.5, 0.6) is 23.0 Å². The van der Waals surface area contributed by atoms with Crippen molar-refractivity contribution in [1.29, 1.82) is 0 Å². The van der Waals surface area contributed by atoms with Crippen LogP contribution in [0.15, 0.2) is 24.3 Å². The van der Waals surface area contributed by atoms with E-state index in [-0.39, 0.29) is 18.8 Å². The number of thiol groups is 1. The molecule has 2 aliphatic heterocycles. The number of benzene rings is 2. The summed E-state index contributed by atoms with van der Waals surface area (Å²) in [5.74, 6) is 2.98. The molecule has 0 spiro atoms. The van der Waals surface area contributed by atoms with Crippen molar-refractivity contribution in [2.45, 2.75) is 5.25 Å². The quantitative estimate of drug-likeness (QED) is 0.664. The van der Waals surface area contributed by atoms with E-state index in [1.807, 2.05) is 24.3 Å². The molecule has 22 heavy (non-hydrogen) atoms. The Kier molecular flexibility index (Phi) is 3.60. The van der Waals surface area contributed by atoms with E-state index < -0.39 is 0 Å². The lowest BCUT2D eigenvalue weighted by molar-refractivity contribution is 0.173. The van der Waals surface area contributed by atoms with Gasteiger partial charge in [-0.1, -0.05) is 12.1 Å². The van der Waals surface area contributed by atoms with Gasteiger partial charge in [0, 0.05) is 11.1 Å². The van der Waals surface area contributed by atoms with Gasteiger partial charge < -0.3 is 18.9 Å². The molecule has 4 nitrogen and oxygen atoms in total. The minimum absolute atomic E-state index is 0.215. The van der Waals surface area contributed by atoms with Crippen molar-refractivity contribution in [2.24, 2.45) is 0 Å². The summed E-state index contributed by atoms with van der Waals surface area (Å²) in [5, 5.41) is 1.82. The molecule has 7 heteroatoms. The summed E-state index contributed by atoms with van der Waals surface area (Å²) in [6.07, 6.45) is 0. The molecule has 0 radical (unpaired) electrons. The molecule has 2 aromatic carbocycles. The molecule has 0 aromatic heterocycles. The Morgan fingerprint density at radius 1 is 0.773 bits per heavy atom. The lowest BCUT2D eigenvalue weighted by Gasteiger charge is -2.19. The van der Waals surface area contributed by atoms with E-state index in [0.717, 1.165) is 44.7 Å². The highest BCUT2D eigenvalue weighted by atomic mass is 32.1. The predicted molar refractivity (Wildman–Crippen MR) is 94.6 cm³/mol. The Balaban J connectivity index is 1.89. The summed E-state index contributed by atoms with van der Waals surface area (Å²) in [7, 11) is 5.46. The monoisotopic (exact) mass is 352 g/mol. The first-order chi connectivity index (χ1) is 10.7. The van der Waals surface area contributed by atoms with E-state index in [2.05, 4.69) is 18.5 Å². The lowest BCUT2D eigenvalue weighted by atomic mass is 10.0. The van der Waals surface area contributed by atoms with Crippen LogP contribution in [-0.4, -0.2) is 13.6 Å². The fourth-order valence-electron chi connectivity index (χ4n) is 2.73. The molecule has 114 valence electrons. The second kappa shape index (κ2) is 5.49. The van der Waals surface area contributed by atoms with Gasteiger partial charge in [0.2, 0.25) is 13.6 Å². The van der Waals surface area contributed by atoms with Gasteiger partial charge in [-0.2, -0.15) is 12.6 Å². The van der Waals surface area contributed by atoms with E-state index in [0.29, 0.717) is 0 Å². The predicted octanol–water partition coefficient (Wildman–Crippen LogP) is 2.16. The molecule has 0 saturated heterocycles. The van der Waals surface area contributed by atoms with Crippen LogP contribution >= 0.6 is 31.1 Å². The van der Waals surface area contributed by atoms with Crippen molar-refractivity contribution in [3.05, 3.63) is 35.4 Å². The second-order valence-corrected chi connectivity index (χ2v) is 6.77. The third-order valence-corrected chi connectivity index (χ3v) is 5.29. The zero-order chi connectivity index (χ0) is 15.3. The van der Waals surface area contributed by atoms with E-state index in [9.17, 15) is 0 Å². The summed E-state index contributed by atoms with van der Waals surface area (Å²) in [5.41, 5.74) is 1.94. The molecular weight excluding hydrogens is 338 g/mol. The summed E-state index contributed by atoms with van der Waals surface area (Å²) in [6, 6.07) is 7.79. The number of rotatable bonds is 2. The highest BCUT2D eigenvalue weighted by molar-refractivity contribution is 7.80. The molecule has 2 atom stereocenters. The van der Waals surface area contributed by atoms with Crippen molar-refractivity contribution in [3.63, 3.8) is 0 Å². The average molecular weight is 352 g/mol. The number of fused-ring (bicyclic) bond motifs is 2. The summed E-state index contributed by atoms with van der Waals surface area (Å²) >= 11 is 4.85. The number of ether oxygens (including phenoxy) is 4. The average Bonchev–Trinajstić information content (AvgIpc) is 3.14. The maximum atomic E-state index is 5.65. The molecule has 2 unspecified atom stereocenters. The van der Waals surface area contributed by atoms with Crippen molar-refractivity contribution in [3.8, 4) is 23.0 Å². The standard InChI is InChI=1S/C15H14O4P2S/c20-9-3-1-7-13(18-5-16-7)11(9)15(22)12-10(21)4-2-8-14(12)19-6-17-8/h1-4,15,22H,5-6,20-21H2. The molecule has 0 aliphatic carbocycles. The summed E-state index contributed by atoms with van der Waals surface area (Å²) in [4.78, 5) is 0. The lowest BCUT2D eigenvalue weighted by Crippen LogP contribution is -2.13. The first-order valence-corrected chi connectivity index (χ1v) is 8.38. The SMILES string of the molecule is Pc1ccc2c(c1C(S)c1c(P)ccc3c1OCO3)OCO2. The van der Waals surface area contributed by atoms with Crippen LogP contribution < -0.4 is 29.6 Å². The van der Waals surface area contributed by atoms with Gasteiger partial charge >= 0.3 is 0 Å². The van der Waals surface area contributed by atoms with Crippen LogP contribution in [0.2, 0.25) is 0 Å². The Morgan fingerprint density at radius 2 is 1.23 bits per heavy atom. The molecule has 0 fully saturated rings. The Hall–Kier alpha value is -1.15. The van der Waals surface area contributed by atoms with Crippen LogP contribution in [-0.2, 0) is 0 Å². The van der Waals surface area contributed by atoms with Gasteiger partial charge in [0.1, 0.15) is 0 Å². The van der Waals surface area contributed by atoms with Crippen LogP contribution in [0.1, 0.15) is 16.4 Å². The molecule has 4 rings (SSSR count). The topological polar surface area (TPSA) is 36.9 Å². The zero-order valence-electron chi connectivity index (χ0n) is 11.5. The highest BCUT2D eigenvalue weighted by Crippen LogP contribution is 2.47. The highest BCUT2D eigenvalue weighted by Gasteiger charge is 2.30. The Labute approximate surface area is 138 Å². The van der Waals surface area contributed by atoms with Crippen molar-refractivity contribution < 1.29 is 18.9 Å². The molecule has 0 bridgehead atoms. The maximum Gasteiger partial charge on any atom is 0.231 e. The van der Waals surface area contributed by atoms with Crippen LogP contribution in [0.4, 0.5) is 0 Å². The smallest absolute Gasteiger partial charge is 0.231 e. The molecule has 2 aliphatic rings. The molecule has 0 N–H and O–H groups in total. The van der Waals surface area contributed by atoms with Gasteiger partial charge in [-0.3, -0.25) is 0 Å². The molecule has 0 saturated carbocycles. The van der Waals surface area contributed by atoms with Gasteiger partial charge in [0.05, 0.1) is 5.25 Å². The van der Waals surface area contributed by atoms with E-state index in [1.165, 1.54) is 0 Å². The van der Waals surface area contributed by atoms with Crippen LogP contribution in [0.25, 0.3) is 0 Å². The van der Waals surface area contributed by atoms with E-state index in [1.54, 1.807) is 0 Å². The number of hydrogen-bond acceptors (Lipinski definition) is 5. The normalized spacial score (nSPS) is 14.7. The van der Waals surface area contributed by atoms with Gasteiger partial charge in [0.25, 0.3) is 0 Å². The fourth-order valence-corrected chi connectivity index (χ4v) is 4.33. The molecule has 2 aromatic rings. The minimum Gasteiger partial charge on any atom is -0.454 e. The number of hydrogen-bond donors (Lipinski definition) is 1. The second-order valence-electron chi connectivity index (χ2n) is 5.01.